The largest absolute Gasteiger partial charge is 0.481 e. The number of halogens is 1. The molecular formula is C14H16INO3. The number of carboxylic acid groups (broad SMARTS) is 1. The van der Waals surface area contributed by atoms with Gasteiger partial charge in [-0.3, -0.25) is 9.59 Å². The fourth-order valence-corrected chi connectivity index (χ4v) is 3.03. The van der Waals surface area contributed by atoms with Gasteiger partial charge in [0.15, 0.2) is 0 Å². The molecule has 1 aromatic rings. The zero-order valence-corrected chi connectivity index (χ0v) is 12.8. The average Bonchev–Trinajstić information content (AvgIpc) is 2.37. The van der Waals surface area contributed by atoms with E-state index in [0.717, 1.165) is 3.57 Å². The number of carboxylic acids is 1. The highest BCUT2D eigenvalue weighted by atomic mass is 127. The van der Waals surface area contributed by atoms with E-state index in [9.17, 15) is 9.59 Å². The second-order valence-electron chi connectivity index (χ2n) is 4.92. The molecule has 1 aliphatic rings. The highest BCUT2D eigenvalue weighted by Gasteiger charge is 2.32. The van der Waals surface area contributed by atoms with Gasteiger partial charge in [-0.25, -0.2) is 0 Å². The van der Waals surface area contributed by atoms with Crippen LogP contribution < -0.4 is 0 Å². The number of carbonyl (C=O) groups is 2. The quantitative estimate of drug-likeness (QED) is 0.811. The Morgan fingerprint density at radius 3 is 2.74 bits per heavy atom. The van der Waals surface area contributed by atoms with Crippen molar-refractivity contribution in [2.24, 2.45) is 5.92 Å². The smallest absolute Gasteiger partial charge is 0.306 e. The monoisotopic (exact) mass is 373 g/mol. The summed E-state index contributed by atoms with van der Waals surface area (Å²) < 4.78 is 1.02. The van der Waals surface area contributed by atoms with Crippen molar-refractivity contribution in [3.63, 3.8) is 0 Å². The van der Waals surface area contributed by atoms with Crippen molar-refractivity contribution in [2.75, 3.05) is 6.54 Å². The van der Waals surface area contributed by atoms with Crippen molar-refractivity contribution in [1.29, 1.82) is 0 Å². The average molecular weight is 373 g/mol. The molecule has 1 aliphatic heterocycles. The lowest BCUT2D eigenvalue weighted by Crippen LogP contribution is -2.46. The Balaban J connectivity index is 2.11. The van der Waals surface area contributed by atoms with Gasteiger partial charge in [0, 0.05) is 21.7 Å². The molecule has 0 aliphatic carbocycles. The normalized spacial score (nSPS) is 23.2. The molecule has 5 heteroatoms. The molecule has 0 aromatic heterocycles. The lowest BCUT2D eigenvalue weighted by atomic mass is 9.91. The number of amides is 1. The fourth-order valence-electron chi connectivity index (χ4n) is 2.49. The molecule has 2 atom stereocenters. The lowest BCUT2D eigenvalue weighted by Gasteiger charge is -2.36. The molecule has 0 bridgehead atoms. The van der Waals surface area contributed by atoms with Gasteiger partial charge in [0.05, 0.1) is 5.92 Å². The number of rotatable bonds is 2. The van der Waals surface area contributed by atoms with Gasteiger partial charge in [0.2, 0.25) is 0 Å². The maximum atomic E-state index is 12.4. The standard InChI is InChI=1S/C14H16INO3/c1-9-7-11(14(18)19)5-6-16(9)13(17)10-3-2-4-12(15)8-10/h2-4,8-9,11H,5-7H2,1H3,(H,18,19). The molecule has 0 radical (unpaired) electrons. The van der Waals surface area contributed by atoms with Crippen LogP contribution >= 0.6 is 22.6 Å². The second kappa shape index (κ2) is 5.90. The van der Waals surface area contributed by atoms with Crippen LogP contribution in [0.5, 0.6) is 0 Å². The SMILES string of the molecule is CC1CC(C(=O)O)CCN1C(=O)c1cccc(I)c1. The summed E-state index contributed by atoms with van der Waals surface area (Å²) in [5.74, 6) is -1.09. The van der Waals surface area contributed by atoms with Crippen LogP contribution in [-0.4, -0.2) is 34.5 Å². The van der Waals surface area contributed by atoms with E-state index in [-0.39, 0.29) is 17.9 Å². The number of piperidine rings is 1. The van der Waals surface area contributed by atoms with Crippen LogP contribution in [0.3, 0.4) is 0 Å². The van der Waals surface area contributed by atoms with Crippen LogP contribution in [0.2, 0.25) is 0 Å². The van der Waals surface area contributed by atoms with E-state index < -0.39 is 5.97 Å². The summed E-state index contributed by atoms with van der Waals surface area (Å²) in [6.07, 6.45) is 1.07. The van der Waals surface area contributed by atoms with Gasteiger partial charge < -0.3 is 10.0 Å². The highest BCUT2D eigenvalue weighted by molar-refractivity contribution is 14.1. The molecule has 1 amide bonds. The number of aliphatic carboxylic acids is 1. The number of carbonyl (C=O) groups excluding carboxylic acids is 1. The molecule has 19 heavy (non-hydrogen) atoms. The Morgan fingerprint density at radius 2 is 2.16 bits per heavy atom. The summed E-state index contributed by atoms with van der Waals surface area (Å²) in [5, 5.41) is 9.03. The predicted octanol–water partition coefficient (Wildman–Crippen LogP) is 2.62. The Kier molecular flexibility index (Phi) is 4.44. The minimum absolute atomic E-state index is 0.00476. The number of likely N-dealkylation sites (tertiary alicyclic amines) is 1. The zero-order valence-electron chi connectivity index (χ0n) is 10.7. The number of benzene rings is 1. The Morgan fingerprint density at radius 1 is 1.42 bits per heavy atom. The number of hydrogen-bond acceptors (Lipinski definition) is 2. The maximum absolute atomic E-state index is 12.4. The van der Waals surface area contributed by atoms with E-state index in [1.54, 1.807) is 11.0 Å². The van der Waals surface area contributed by atoms with Gasteiger partial charge in [0.25, 0.3) is 5.91 Å². The van der Waals surface area contributed by atoms with Crippen molar-refractivity contribution in [3.8, 4) is 0 Å². The molecule has 102 valence electrons. The summed E-state index contributed by atoms with van der Waals surface area (Å²) in [6, 6.07) is 7.45. The fraction of sp³-hybridized carbons (Fsp3) is 0.429. The maximum Gasteiger partial charge on any atom is 0.306 e. The first-order chi connectivity index (χ1) is 8.99. The van der Waals surface area contributed by atoms with Crippen LogP contribution in [0.25, 0.3) is 0 Å². The van der Waals surface area contributed by atoms with Crippen LogP contribution in [0.1, 0.15) is 30.1 Å². The van der Waals surface area contributed by atoms with Crippen molar-refractivity contribution in [3.05, 3.63) is 33.4 Å². The van der Waals surface area contributed by atoms with Crippen molar-refractivity contribution in [1.82, 2.24) is 4.90 Å². The molecule has 1 N–H and O–H groups in total. The summed E-state index contributed by atoms with van der Waals surface area (Å²) in [5.41, 5.74) is 0.674. The predicted molar refractivity (Wildman–Crippen MR) is 80.0 cm³/mol. The first-order valence-electron chi connectivity index (χ1n) is 6.28. The zero-order chi connectivity index (χ0) is 14.0. The van der Waals surface area contributed by atoms with E-state index in [1.807, 2.05) is 25.1 Å². The van der Waals surface area contributed by atoms with Gasteiger partial charge in [-0.15, -0.1) is 0 Å². The molecular weight excluding hydrogens is 357 g/mol. The summed E-state index contributed by atoms with van der Waals surface area (Å²) in [4.78, 5) is 25.2. The highest BCUT2D eigenvalue weighted by Crippen LogP contribution is 2.24. The molecule has 1 saturated heterocycles. The van der Waals surface area contributed by atoms with Gasteiger partial charge in [-0.05, 0) is 60.6 Å². The molecule has 2 unspecified atom stereocenters. The van der Waals surface area contributed by atoms with Crippen LogP contribution in [0.4, 0.5) is 0 Å². The molecule has 0 spiro atoms. The Hall–Kier alpha value is -1.11. The molecule has 1 fully saturated rings. The summed E-state index contributed by atoms with van der Waals surface area (Å²) in [7, 11) is 0. The third-order valence-corrected chi connectivity index (χ3v) is 4.23. The van der Waals surface area contributed by atoms with Crippen LogP contribution in [-0.2, 0) is 4.79 Å². The molecule has 2 rings (SSSR count). The molecule has 1 heterocycles. The molecule has 4 nitrogen and oxygen atoms in total. The summed E-state index contributed by atoms with van der Waals surface area (Å²) >= 11 is 2.18. The first kappa shape index (κ1) is 14.3. The second-order valence-corrected chi connectivity index (χ2v) is 6.16. The third kappa shape index (κ3) is 3.26. The van der Waals surface area contributed by atoms with Gasteiger partial charge in [-0.1, -0.05) is 6.07 Å². The van der Waals surface area contributed by atoms with Gasteiger partial charge in [0.1, 0.15) is 0 Å². The van der Waals surface area contributed by atoms with E-state index in [2.05, 4.69) is 22.6 Å². The lowest BCUT2D eigenvalue weighted by molar-refractivity contribution is -0.143. The van der Waals surface area contributed by atoms with Crippen LogP contribution in [0, 0.1) is 9.49 Å². The summed E-state index contributed by atoms with van der Waals surface area (Å²) in [6.45, 7) is 2.43. The number of hydrogen-bond donors (Lipinski definition) is 1. The van der Waals surface area contributed by atoms with Gasteiger partial charge in [-0.2, -0.15) is 0 Å². The van der Waals surface area contributed by atoms with Crippen molar-refractivity contribution < 1.29 is 14.7 Å². The Bertz CT molecular complexity index is 503. The van der Waals surface area contributed by atoms with Gasteiger partial charge >= 0.3 is 5.97 Å². The minimum atomic E-state index is -0.756. The first-order valence-corrected chi connectivity index (χ1v) is 7.36. The van der Waals surface area contributed by atoms with E-state index >= 15 is 0 Å². The van der Waals surface area contributed by atoms with E-state index in [1.165, 1.54) is 0 Å². The molecule has 0 saturated carbocycles. The van der Waals surface area contributed by atoms with Crippen LogP contribution in [0.15, 0.2) is 24.3 Å². The van der Waals surface area contributed by atoms with Crippen molar-refractivity contribution >= 4 is 34.5 Å². The Labute approximate surface area is 125 Å². The molecule has 1 aromatic carbocycles. The third-order valence-electron chi connectivity index (χ3n) is 3.56. The topological polar surface area (TPSA) is 57.6 Å². The van der Waals surface area contributed by atoms with E-state index in [4.69, 9.17) is 5.11 Å². The number of nitrogens with zero attached hydrogens (tertiary/aromatic N) is 1. The van der Waals surface area contributed by atoms with Crippen molar-refractivity contribution in [2.45, 2.75) is 25.8 Å². The van der Waals surface area contributed by atoms with E-state index in [0.29, 0.717) is 24.9 Å². The minimum Gasteiger partial charge on any atom is -0.481 e.